The minimum Gasteiger partial charge on any atom is -0.497 e. The fourth-order valence-corrected chi connectivity index (χ4v) is 2.29. The van der Waals surface area contributed by atoms with E-state index in [1.165, 1.54) is 25.3 Å². The summed E-state index contributed by atoms with van der Waals surface area (Å²) in [6, 6.07) is 9.14. The van der Waals surface area contributed by atoms with Crippen molar-refractivity contribution in [1.82, 2.24) is 0 Å². The van der Waals surface area contributed by atoms with E-state index in [2.05, 4.69) is 5.32 Å². The molecule has 0 fully saturated rings. The molecule has 2 rings (SSSR count). The van der Waals surface area contributed by atoms with Gasteiger partial charge in [-0.05, 0) is 46.9 Å². The Morgan fingerprint density at radius 1 is 1.16 bits per heavy atom. The molecule has 19 heavy (non-hydrogen) atoms. The Bertz CT molecular complexity index is 590. The predicted molar refractivity (Wildman–Crippen MR) is 79.4 cm³/mol. The highest BCUT2D eigenvalue weighted by atomic mass is 127. The number of rotatable bonds is 4. The Labute approximate surface area is 123 Å². The van der Waals surface area contributed by atoms with Crippen molar-refractivity contribution in [2.75, 3.05) is 12.4 Å². The first kappa shape index (κ1) is 14.0. The van der Waals surface area contributed by atoms with Crippen LogP contribution in [0.5, 0.6) is 5.75 Å². The molecular formula is C14H12F2INO. The summed E-state index contributed by atoms with van der Waals surface area (Å²) in [5.41, 5.74) is 1.30. The fraction of sp³-hybridized carbons (Fsp3) is 0.143. The summed E-state index contributed by atoms with van der Waals surface area (Å²) in [6.07, 6.45) is 0. The van der Waals surface area contributed by atoms with Gasteiger partial charge < -0.3 is 10.1 Å². The molecule has 0 saturated carbocycles. The smallest absolute Gasteiger partial charge is 0.131 e. The van der Waals surface area contributed by atoms with E-state index in [-0.39, 0.29) is 11.6 Å². The lowest BCUT2D eigenvalue weighted by Crippen LogP contribution is -2.03. The van der Waals surface area contributed by atoms with E-state index in [1.54, 1.807) is 18.2 Å². The Morgan fingerprint density at radius 3 is 2.58 bits per heavy atom. The lowest BCUT2D eigenvalue weighted by Gasteiger charge is -2.10. The standard InChI is InChI=1S/C14H12F2INO/c1-19-11-4-2-9(12(16)7-11)8-18-14-5-3-10(15)6-13(14)17/h2-7,18H,8H2,1H3. The summed E-state index contributed by atoms with van der Waals surface area (Å²) >= 11 is 2.03. The SMILES string of the molecule is COc1ccc(CNc2ccc(F)cc2I)c(F)c1. The number of benzene rings is 2. The summed E-state index contributed by atoms with van der Waals surface area (Å²) in [4.78, 5) is 0. The average Bonchev–Trinajstić information content (AvgIpc) is 2.39. The van der Waals surface area contributed by atoms with Crippen LogP contribution >= 0.6 is 22.6 Å². The molecule has 2 nitrogen and oxygen atoms in total. The van der Waals surface area contributed by atoms with Crippen LogP contribution in [0, 0.1) is 15.2 Å². The van der Waals surface area contributed by atoms with Crippen LogP contribution < -0.4 is 10.1 Å². The van der Waals surface area contributed by atoms with Crippen LogP contribution in [0.2, 0.25) is 0 Å². The summed E-state index contributed by atoms with van der Waals surface area (Å²) < 4.78 is 32.4. The molecule has 5 heteroatoms. The zero-order valence-electron chi connectivity index (χ0n) is 10.2. The van der Waals surface area contributed by atoms with Crippen LogP contribution in [0.3, 0.4) is 0 Å². The molecule has 0 aliphatic heterocycles. The summed E-state index contributed by atoms with van der Waals surface area (Å²) in [5, 5.41) is 3.08. The van der Waals surface area contributed by atoms with Crippen molar-refractivity contribution in [3.05, 3.63) is 57.2 Å². The van der Waals surface area contributed by atoms with E-state index in [0.29, 0.717) is 17.9 Å². The minimum atomic E-state index is -0.330. The molecule has 0 unspecified atom stereocenters. The highest BCUT2D eigenvalue weighted by Crippen LogP contribution is 2.21. The van der Waals surface area contributed by atoms with Crippen molar-refractivity contribution in [3.63, 3.8) is 0 Å². The lowest BCUT2D eigenvalue weighted by atomic mass is 10.2. The maximum atomic E-state index is 13.7. The molecule has 0 bridgehead atoms. The first-order valence-corrected chi connectivity index (χ1v) is 6.69. The van der Waals surface area contributed by atoms with E-state index in [1.807, 2.05) is 22.6 Å². The van der Waals surface area contributed by atoms with Crippen molar-refractivity contribution in [2.24, 2.45) is 0 Å². The number of nitrogens with one attached hydrogen (secondary N) is 1. The first-order chi connectivity index (χ1) is 9.10. The lowest BCUT2D eigenvalue weighted by molar-refractivity contribution is 0.411. The highest BCUT2D eigenvalue weighted by Gasteiger charge is 2.05. The number of hydrogen-bond donors (Lipinski definition) is 1. The van der Waals surface area contributed by atoms with E-state index in [9.17, 15) is 8.78 Å². The molecule has 0 radical (unpaired) electrons. The Hall–Kier alpha value is -1.37. The van der Waals surface area contributed by atoms with E-state index < -0.39 is 0 Å². The molecule has 0 atom stereocenters. The summed E-state index contributed by atoms with van der Waals surface area (Å²) in [5.74, 6) is -0.132. The molecule has 0 heterocycles. The minimum absolute atomic E-state index is 0.287. The molecule has 0 saturated heterocycles. The molecule has 2 aromatic carbocycles. The Kier molecular flexibility index (Phi) is 4.57. The monoisotopic (exact) mass is 375 g/mol. The van der Waals surface area contributed by atoms with E-state index in [0.717, 1.165) is 9.26 Å². The van der Waals surface area contributed by atoms with Gasteiger partial charge in [-0.2, -0.15) is 0 Å². The quantitative estimate of drug-likeness (QED) is 0.810. The van der Waals surface area contributed by atoms with E-state index in [4.69, 9.17) is 4.74 Å². The normalized spacial score (nSPS) is 10.3. The molecule has 100 valence electrons. The summed E-state index contributed by atoms with van der Waals surface area (Å²) in [7, 11) is 1.49. The van der Waals surface area contributed by atoms with Gasteiger partial charge in [0.05, 0.1) is 7.11 Å². The van der Waals surface area contributed by atoms with Gasteiger partial charge in [-0.25, -0.2) is 8.78 Å². The van der Waals surface area contributed by atoms with E-state index >= 15 is 0 Å². The van der Waals surface area contributed by atoms with Crippen molar-refractivity contribution in [2.45, 2.75) is 6.54 Å². The van der Waals surface area contributed by atoms with Gasteiger partial charge in [-0.3, -0.25) is 0 Å². The number of anilines is 1. The molecule has 0 amide bonds. The van der Waals surface area contributed by atoms with Gasteiger partial charge in [0, 0.05) is 27.4 Å². The largest absolute Gasteiger partial charge is 0.497 e. The zero-order valence-corrected chi connectivity index (χ0v) is 12.4. The number of hydrogen-bond acceptors (Lipinski definition) is 2. The van der Waals surface area contributed by atoms with Crippen molar-refractivity contribution < 1.29 is 13.5 Å². The maximum Gasteiger partial charge on any atom is 0.131 e. The third-order valence-corrected chi connectivity index (χ3v) is 3.55. The van der Waals surface area contributed by atoms with Crippen LogP contribution in [-0.4, -0.2) is 7.11 Å². The molecule has 0 spiro atoms. The van der Waals surface area contributed by atoms with Gasteiger partial charge in [-0.15, -0.1) is 0 Å². The van der Waals surface area contributed by atoms with Crippen LogP contribution in [-0.2, 0) is 6.54 Å². The van der Waals surface area contributed by atoms with Gasteiger partial charge >= 0.3 is 0 Å². The Balaban J connectivity index is 2.10. The Morgan fingerprint density at radius 2 is 1.95 bits per heavy atom. The van der Waals surface area contributed by atoms with Gasteiger partial charge in [0.2, 0.25) is 0 Å². The van der Waals surface area contributed by atoms with Gasteiger partial charge in [0.1, 0.15) is 17.4 Å². The second kappa shape index (κ2) is 6.18. The average molecular weight is 375 g/mol. The second-order valence-corrected chi connectivity index (χ2v) is 5.10. The zero-order chi connectivity index (χ0) is 13.8. The molecule has 1 N–H and O–H groups in total. The fourth-order valence-electron chi connectivity index (χ4n) is 1.62. The highest BCUT2D eigenvalue weighted by molar-refractivity contribution is 14.1. The number of halogens is 3. The topological polar surface area (TPSA) is 21.3 Å². The van der Waals surface area contributed by atoms with Crippen LogP contribution in [0.15, 0.2) is 36.4 Å². The van der Waals surface area contributed by atoms with Gasteiger partial charge in [0.25, 0.3) is 0 Å². The van der Waals surface area contributed by atoms with Crippen molar-refractivity contribution in [3.8, 4) is 5.75 Å². The number of methoxy groups -OCH3 is 1. The molecule has 2 aromatic rings. The van der Waals surface area contributed by atoms with Gasteiger partial charge in [-0.1, -0.05) is 6.07 Å². The van der Waals surface area contributed by atoms with Crippen LogP contribution in [0.1, 0.15) is 5.56 Å². The van der Waals surface area contributed by atoms with Crippen molar-refractivity contribution >= 4 is 28.3 Å². The molecule has 0 aliphatic carbocycles. The predicted octanol–water partition coefficient (Wildman–Crippen LogP) is 4.19. The third kappa shape index (κ3) is 3.56. The van der Waals surface area contributed by atoms with Crippen LogP contribution in [0.4, 0.5) is 14.5 Å². The van der Waals surface area contributed by atoms with Gasteiger partial charge in [0.15, 0.2) is 0 Å². The molecule has 0 aliphatic rings. The summed E-state index contributed by atoms with van der Waals surface area (Å²) in [6.45, 7) is 0.331. The van der Waals surface area contributed by atoms with Crippen LogP contribution in [0.25, 0.3) is 0 Å². The second-order valence-electron chi connectivity index (χ2n) is 3.94. The van der Waals surface area contributed by atoms with Crippen molar-refractivity contribution in [1.29, 1.82) is 0 Å². The number of ether oxygens (including phenoxy) is 1. The maximum absolute atomic E-state index is 13.7. The molecular weight excluding hydrogens is 363 g/mol. The third-order valence-electron chi connectivity index (χ3n) is 2.66. The first-order valence-electron chi connectivity index (χ1n) is 5.61. The molecule has 0 aromatic heterocycles.